The van der Waals surface area contributed by atoms with Crippen LogP contribution in [0, 0.1) is 17.8 Å². The van der Waals surface area contributed by atoms with Crippen molar-refractivity contribution in [3.63, 3.8) is 0 Å². The molecule has 2 fully saturated rings. The Kier molecular flexibility index (Phi) is 9.19. The Morgan fingerprint density at radius 2 is 2.00 bits per heavy atom. The number of nitrogens with one attached hydrogen (secondary N) is 2. The topological polar surface area (TPSA) is 81.7 Å². The maximum atomic E-state index is 13.1. The number of carbonyl (C=O) groups is 2. The molecule has 0 radical (unpaired) electrons. The molecule has 2 aliphatic rings. The highest BCUT2D eigenvalue weighted by atomic mass is 16.3. The molecule has 1 aromatic rings. The molecule has 6 nitrogen and oxygen atoms in total. The number of phenols is 1. The van der Waals surface area contributed by atoms with Gasteiger partial charge < -0.3 is 20.6 Å². The third-order valence-electron chi connectivity index (χ3n) is 8.19. The molecule has 184 valence electrons. The molecule has 1 aromatic carbocycles. The van der Waals surface area contributed by atoms with Crippen LogP contribution >= 0.6 is 0 Å². The van der Waals surface area contributed by atoms with Crippen LogP contribution in [0.25, 0.3) is 0 Å². The number of phenolic OH excluding ortho intramolecular Hbond substituents is 1. The van der Waals surface area contributed by atoms with Gasteiger partial charge in [-0.25, -0.2) is 0 Å². The smallest absolute Gasteiger partial charge is 0.224 e. The van der Waals surface area contributed by atoms with Crippen molar-refractivity contribution in [3.8, 4) is 5.75 Å². The van der Waals surface area contributed by atoms with Crippen LogP contribution in [0.5, 0.6) is 5.75 Å². The lowest BCUT2D eigenvalue weighted by Crippen LogP contribution is -2.50. The Bertz CT molecular complexity index is 793. The highest BCUT2D eigenvalue weighted by Crippen LogP contribution is 2.40. The Balaban J connectivity index is 1.62. The first-order valence-electron chi connectivity index (χ1n) is 12.8. The van der Waals surface area contributed by atoms with Crippen molar-refractivity contribution in [3.05, 3.63) is 29.8 Å². The molecule has 1 heterocycles. The van der Waals surface area contributed by atoms with Gasteiger partial charge in [0.05, 0.1) is 5.92 Å². The molecule has 1 aliphatic heterocycles. The second-order valence-corrected chi connectivity index (χ2v) is 10.5. The zero-order valence-corrected chi connectivity index (χ0v) is 20.7. The lowest BCUT2D eigenvalue weighted by atomic mass is 9.68. The second-order valence-electron chi connectivity index (χ2n) is 10.5. The van der Waals surface area contributed by atoms with Crippen molar-refractivity contribution >= 4 is 11.8 Å². The van der Waals surface area contributed by atoms with E-state index in [1.54, 1.807) is 13.1 Å². The third kappa shape index (κ3) is 6.95. The van der Waals surface area contributed by atoms with Gasteiger partial charge in [-0.05, 0) is 54.3 Å². The van der Waals surface area contributed by atoms with Crippen molar-refractivity contribution in [1.82, 2.24) is 15.5 Å². The molecule has 0 aromatic heterocycles. The number of rotatable bonds is 9. The minimum Gasteiger partial charge on any atom is -0.508 e. The van der Waals surface area contributed by atoms with E-state index >= 15 is 0 Å². The molecule has 3 unspecified atom stereocenters. The summed E-state index contributed by atoms with van der Waals surface area (Å²) < 4.78 is 0. The summed E-state index contributed by atoms with van der Waals surface area (Å²) in [4.78, 5) is 27.1. The highest BCUT2D eigenvalue weighted by Gasteiger charge is 2.39. The Labute approximate surface area is 199 Å². The number of aromatic hydroxyl groups is 1. The molecule has 2 amide bonds. The van der Waals surface area contributed by atoms with E-state index in [4.69, 9.17) is 0 Å². The summed E-state index contributed by atoms with van der Waals surface area (Å²) >= 11 is 0. The van der Waals surface area contributed by atoms with E-state index in [0.717, 1.165) is 32.5 Å². The Morgan fingerprint density at radius 3 is 2.67 bits per heavy atom. The monoisotopic (exact) mass is 457 g/mol. The quantitative estimate of drug-likeness (QED) is 0.526. The van der Waals surface area contributed by atoms with E-state index in [0.29, 0.717) is 30.6 Å². The van der Waals surface area contributed by atoms with Crippen LogP contribution in [0.2, 0.25) is 0 Å². The summed E-state index contributed by atoms with van der Waals surface area (Å²) in [5.41, 5.74) is 1.21. The molecule has 3 rings (SSSR count). The Morgan fingerprint density at radius 1 is 1.24 bits per heavy atom. The van der Waals surface area contributed by atoms with Crippen molar-refractivity contribution in [2.24, 2.45) is 17.8 Å². The molecule has 1 saturated carbocycles. The molecule has 3 N–H and O–H groups in total. The van der Waals surface area contributed by atoms with E-state index in [9.17, 15) is 14.7 Å². The predicted molar refractivity (Wildman–Crippen MR) is 132 cm³/mol. The fourth-order valence-corrected chi connectivity index (χ4v) is 5.74. The fraction of sp³-hybridized carbons (Fsp3) is 0.704. The predicted octanol–water partition coefficient (Wildman–Crippen LogP) is 3.83. The van der Waals surface area contributed by atoms with Gasteiger partial charge in [-0.3, -0.25) is 9.59 Å². The van der Waals surface area contributed by atoms with Crippen molar-refractivity contribution < 1.29 is 14.7 Å². The van der Waals surface area contributed by atoms with Crippen LogP contribution in [-0.2, 0) is 15.0 Å². The first-order chi connectivity index (χ1) is 15.8. The van der Waals surface area contributed by atoms with Crippen LogP contribution in [-0.4, -0.2) is 55.0 Å². The van der Waals surface area contributed by atoms with Gasteiger partial charge in [-0.2, -0.15) is 0 Å². The molecule has 3 atom stereocenters. The van der Waals surface area contributed by atoms with E-state index in [2.05, 4.69) is 35.4 Å². The molecule has 6 heteroatoms. The van der Waals surface area contributed by atoms with Crippen LogP contribution in [0.15, 0.2) is 24.3 Å². The SMILES string of the molecule is CNC(=O)CCNC(=O)C(CC1CCCCC1)CN1CCC(C)(c2cccc(O)c2)C(C)C1. The number of hydrogen-bond donors (Lipinski definition) is 3. The molecule has 1 saturated heterocycles. The molecule has 33 heavy (non-hydrogen) atoms. The van der Waals surface area contributed by atoms with Gasteiger partial charge in [0.1, 0.15) is 5.75 Å². The number of nitrogens with zero attached hydrogens (tertiary/aromatic N) is 1. The summed E-state index contributed by atoms with van der Waals surface area (Å²) in [5, 5.41) is 15.6. The highest BCUT2D eigenvalue weighted by molar-refractivity contribution is 5.80. The van der Waals surface area contributed by atoms with Crippen LogP contribution in [0.1, 0.15) is 70.8 Å². The maximum absolute atomic E-state index is 13.1. The van der Waals surface area contributed by atoms with Crippen molar-refractivity contribution in [1.29, 1.82) is 0 Å². The summed E-state index contributed by atoms with van der Waals surface area (Å²) in [7, 11) is 1.62. The van der Waals surface area contributed by atoms with Gasteiger partial charge in [0, 0.05) is 33.1 Å². The molecular weight excluding hydrogens is 414 g/mol. The number of likely N-dealkylation sites (tertiary alicyclic amines) is 1. The molecule has 0 bridgehead atoms. The van der Waals surface area contributed by atoms with Gasteiger partial charge in [0.25, 0.3) is 0 Å². The minimum atomic E-state index is -0.0461. The van der Waals surface area contributed by atoms with E-state index in [1.165, 1.54) is 37.7 Å². The average Bonchev–Trinajstić information content (AvgIpc) is 2.81. The lowest BCUT2D eigenvalue weighted by Gasteiger charge is -2.46. The maximum Gasteiger partial charge on any atom is 0.224 e. The fourth-order valence-electron chi connectivity index (χ4n) is 5.74. The molecular formula is C27H43N3O3. The number of carbonyl (C=O) groups excluding carboxylic acids is 2. The first kappa shape index (κ1) is 25.5. The zero-order valence-electron chi connectivity index (χ0n) is 20.7. The van der Waals surface area contributed by atoms with Gasteiger partial charge >= 0.3 is 0 Å². The normalized spacial score (nSPS) is 25.4. The summed E-state index contributed by atoms with van der Waals surface area (Å²) in [5.74, 6) is 1.39. The number of benzene rings is 1. The zero-order chi connectivity index (χ0) is 23.8. The minimum absolute atomic E-state index is 0.0177. The Hall–Kier alpha value is -2.08. The second kappa shape index (κ2) is 11.9. The van der Waals surface area contributed by atoms with Gasteiger partial charge in [-0.1, -0.05) is 58.1 Å². The third-order valence-corrected chi connectivity index (χ3v) is 8.19. The van der Waals surface area contributed by atoms with E-state index in [1.807, 2.05) is 12.1 Å². The lowest BCUT2D eigenvalue weighted by molar-refractivity contribution is -0.126. The van der Waals surface area contributed by atoms with Crippen molar-refractivity contribution in [2.75, 3.05) is 33.2 Å². The number of amides is 2. The van der Waals surface area contributed by atoms with Gasteiger partial charge in [0.2, 0.25) is 11.8 Å². The van der Waals surface area contributed by atoms with Crippen LogP contribution < -0.4 is 10.6 Å². The molecule has 1 aliphatic carbocycles. The first-order valence-corrected chi connectivity index (χ1v) is 12.8. The summed E-state index contributed by atoms with van der Waals surface area (Å²) in [6, 6.07) is 7.68. The van der Waals surface area contributed by atoms with Crippen molar-refractivity contribution in [2.45, 2.75) is 70.6 Å². The van der Waals surface area contributed by atoms with E-state index < -0.39 is 0 Å². The number of piperidine rings is 1. The summed E-state index contributed by atoms with van der Waals surface area (Å²) in [6.45, 7) is 7.65. The number of hydrogen-bond acceptors (Lipinski definition) is 4. The standard InChI is InChI=1S/C27H43N3O3/c1-20-18-30(15-13-27(20,2)23-10-7-11-24(31)17-23)19-22(16-21-8-5-4-6-9-21)26(33)29-14-12-25(32)28-3/h7,10-11,17,20-22,31H,4-6,8-9,12-16,18-19H2,1-3H3,(H,28,32)(H,29,33). The largest absolute Gasteiger partial charge is 0.508 e. The van der Waals surface area contributed by atoms with E-state index in [-0.39, 0.29) is 23.1 Å². The van der Waals surface area contributed by atoms with Gasteiger partial charge in [0.15, 0.2) is 0 Å². The molecule has 0 spiro atoms. The van der Waals surface area contributed by atoms with Crippen LogP contribution in [0.4, 0.5) is 0 Å². The van der Waals surface area contributed by atoms with Gasteiger partial charge in [-0.15, -0.1) is 0 Å². The summed E-state index contributed by atoms with van der Waals surface area (Å²) in [6.07, 6.45) is 8.60. The average molecular weight is 458 g/mol. The van der Waals surface area contributed by atoms with Crippen LogP contribution in [0.3, 0.4) is 0 Å².